The van der Waals surface area contributed by atoms with Crippen LogP contribution in [0.2, 0.25) is 0 Å². The second-order valence-corrected chi connectivity index (χ2v) is 6.29. The van der Waals surface area contributed by atoms with E-state index in [4.69, 9.17) is 0 Å². The van der Waals surface area contributed by atoms with Crippen LogP contribution in [-0.2, 0) is 0 Å². The van der Waals surface area contributed by atoms with Gasteiger partial charge >= 0.3 is 6.18 Å². The standard InChI is InChI=1S/C15H12F4N4S/c1-22(24-12-6-7-23-13(8-12)20-9-21-23)14(15(17,18)19)10-2-4-11(16)5-3-10/h2-9,14H,1H3. The van der Waals surface area contributed by atoms with Gasteiger partial charge in [0.15, 0.2) is 5.65 Å². The predicted octanol–water partition coefficient (Wildman–Crippen LogP) is 4.11. The number of hydrogen-bond donors (Lipinski definition) is 0. The Kier molecular flexibility index (Phi) is 4.46. The summed E-state index contributed by atoms with van der Waals surface area (Å²) in [7, 11) is 1.35. The number of hydrogen-bond acceptors (Lipinski definition) is 4. The fourth-order valence-corrected chi connectivity index (χ4v) is 3.28. The van der Waals surface area contributed by atoms with Crippen molar-refractivity contribution in [3.05, 3.63) is 60.3 Å². The van der Waals surface area contributed by atoms with E-state index in [0.29, 0.717) is 10.5 Å². The van der Waals surface area contributed by atoms with Crippen LogP contribution in [-0.4, -0.2) is 32.1 Å². The third-order valence-electron chi connectivity index (χ3n) is 3.36. The summed E-state index contributed by atoms with van der Waals surface area (Å²) in [5, 5.41) is 3.94. The molecule has 2 heterocycles. The molecule has 1 atom stereocenters. The molecule has 0 saturated heterocycles. The minimum absolute atomic E-state index is 0.0255. The Hall–Kier alpha value is -2.13. The smallest absolute Gasteiger partial charge is 0.233 e. The van der Waals surface area contributed by atoms with Crippen LogP contribution in [0.25, 0.3) is 5.65 Å². The van der Waals surface area contributed by atoms with Gasteiger partial charge in [0, 0.05) is 11.1 Å². The highest BCUT2D eigenvalue weighted by molar-refractivity contribution is 7.97. The average Bonchev–Trinajstić information content (AvgIpc) is 2.95. The van der Waals surface area contributed by atoms with Crippen molar-refractivity contribution >= 4 is 17.6 Å². The minimum Gasteiger partial charge on any atom is -0.233 e. The molecule has 2 aromatic heterocycles. The van der Waals surface area contributed by atoms with Gasteiger partial charge in [-0.2, -0.15) is 18.3 Å². The van der Waals surface area contributed by atoms with E-state index >= 15 is 0 Å². The van der Waals surface area contributed by atoms with Gasteiger partial charge < -0.3 is 0 Å². The quantitative estimate of drug-likeness (QED) is 0.520. The van der Waals surface area contributed by atoms with Crippen LogP contribution in [0.4, 0.5) is 17.6 Å². The molecule has 0 radical (unpaired) electrons. The van der Waals surface area contributed by atoms with Crippen molar-refractivity contribution in [1.29, 1.82) is 0 Å². The molecule has 4 nitrogen and oxygen atoms in total. The molecule has 0 spiro atoms. The highest BCUT2D eigenvalue weighted by Crippen LogP contribution is 2.41. The summed E-state index contributed by atoms with van der Waals surface area (Å²) < 4.78 is 56.1. The number of pyridine rings is 1. The van der Waals surface area contributed by atoms with E-state index in [1.54, 1.807) is 18.3 Å². The molecular formula is C15H12F4N4S. The van der Waals surface area contributed by atoms with Gasteiger partial charge in [0.05, 0.1) is 0 Å². The van der Waals surface area contributed by atoms with Crippen LogP contribution >= 0.6 is 11.9 Å². The topological polar surface area (TPSA) is 33.4 Å². The molecule has 126 valence electrons. The zero-order chi connectivity index (χ0) is 17.3. The molecule has 0 saturated carbocycles. The molecule has 1 unspecified atom stereocenters. The zero-order valence-corrected chi connectivity index (χ0v) is 13.2. The Bertz CT molecular complexity index is 831. The van der Waals surface area contributed by atoms with E-state index < -0.39 is 18.0 Å². The summed E-state index contributed by atoms with van der Waals surface area (Å²) in [5.74, 6) is -0.577. The van der Waals surface area contributed by atoms with Gasteiger partial charge in [0.25, 0.3) is 0 Å². The van der Waals surface area contributed by atoms with Gasteiger partial charge in [0.2, 0.25) is 0 Å². The monoisotopic (exact) mass is 356 g/mol. The first-order chi connectivity index (χ1) is 11.3. The lowest BCUT2D eigenvalue weighted by atomic mass is 10.1. The van der Waals surface area contributed by atoms with Gasteiger partial charge in [-0.05, 0) is 48.8 Å². The highest BCUT2D eigenvalue weighted by atomic mass is 32.2. The van der Waals surface area contributed by atoms with Gasteiger partial charge in [-0.1, -0.05) is 12.1 Å². The van der Waals surface area contributed by atoms with Crippen molar-refractivity contribution in [2.75, 3.05) is 7.05 Å². The third-order valence-corrected chi connectivity index (χ3v) is 4.32. The van der Waals surface area contributed by atoms with E-state index in [2.05, 4.69) is 10.1 Å². The SMILES string of the molecule is CN(Sc1ccn2ncnc2c1)C(c1ccc(F)cc1)C(F)(F)F. The van der Waals surface area contributed by atoms with Crippen LogP contribution in [0.3, 0.4) is 0 Å². The van der Waals surface area contributed by atoms with Crippen LogP contribution in [0.1, 0.15) is 11.6 Å². The van der Waals surface area contributed by atoms with Gasteiger partial charge in [0.1, 0.15) is 18.2 Å². The Morgan fingerprint density at radius 2 is 1.88 bits per heavy atom. The first-order valence-electron chi connectivity index (χ1n) is 6.87. The lowest BCUT2D eigenvalue weighted by molar-refractivity contribution is -0.169. The maximum atomic E-state index is 13.5. The molecule has 0 aliphatic carbocycles. The second-order valence-electron chi connectivity index (χ2n) is 5.06. The first-order valence-corrected chi connectivity index (χ1v) is 7.64. The number of aromatic nitrogens is 3. The predicted molar refractivity (Wildman–Crippen MR) is 81.8 cm³/mol. The molecule has 1 aromatic carbocycles. The van der Waals surface area contributed by atoms with Crippen molar-refractivity contribution < 1.29 is 17.6 Å². The Morgan fingerprint density at radius 3 is 2.54 bits per heavy atom. The number of benzene rings is 1. The summed E-state index contributed by atoms with van der Waals surface area (Å²) in [5.41, 5.74) is 0.515. The van der Waals surface area contributed by atoms with Gasteiger partial charge in [-0.25, -0.2) is 18.2 Å². The number of fused-ring (bicyclic) bond motifs is 1. The van der Waals surface area contributed by atoms with Crippen LogP contribution in [0.5, 0.6) is 0 Å². The molecule has 0 bridgehead atoms. The Morgan fingerprint density at radius 1 is 1.17 bits per heavy atom. The molecule has 24 heavy (non-hydrogen) atoms. The molecule has 3 rings (SSSR count). The number of alkyl halides is 3. The second kappa shape index (κ2) is 6.40. The lowest BCUT2D eigenvalue weighted by Crippen LogP contribution is -2.31. The van der Waals surface area contributed by atoms with Crippen molar-refractivity contribution in [3.63, 3.8) is 0 Å². The highest BCUT2D eigenvalue weighted by Gasteiger charge is 2.44. The molecule has 0 aliphatic heterocycles. The van der Waals surface area contributed by atoms with Crippen LogP contribution in [0, 0.1) is 5.82 Å². The first kappa shape index (κ1) is 16.7. The average molecular weight is 356 g/mol. The summed E-state index contributed by atoms with van der Waals surface area (Å²) >= 11 is 0.934. The minimum atomic E-state index is -4.50. The maximum absolute atomic E-state index is 13.5. The van der Waals surface area contributed by atoms with Gasteiger partial charge in [-0.15, -0.1) is 0 Å². The molecule has 0 fully saturated rings. The van der Waals surface area contributed by atoms with E-state index in [1.165, 1.54) is 17.9 Å². The van der Waals surface area contributed by atoms with Crippen LogP contribution in [0.15, 0.2) is 53.8 Å². The van der Waals surface area contributed by atoms with Crippen molar-refractivity contribution in [3.8, 4) is 0 Å². The fraction of sp³-hybridized carbons (Fsp3) is 0.200. The van der Waals surface area contributed by atoms with E-state index in [9.17, 15) is 17.6 Å². The van der Waals surface area contributed by atoms with E-state index in [-0.39, 0.29) is 5.56 Å². The summed E-state index contributed by atoms with van der Waals surface area (Å²) in [6.07, 6.45) is -1.51. The molecule has 3 aromatic rings. The van der Waals surface area contributed by atoms with Gasteiger partial charge in [-0.3, -0.25) is 0 Å². The summed E-state index contributed by atoms with van der Waals surface area (Å²) in [4.78, 5) is 4.60. The van der Waals surface area contributed by atoms with Crippen molar-refractivity contribution in [2.24, 2.45) is 0 Å². The molecule has 9 heteroatoms. The summed E-state index contributed by atoms with van der Waals surface area (Å²) in [6.45, 7) is 0. The number of rotatable bonds is 4. The molecule has 0 N–H and O–H groups in total. The van der Waals surface area contributed by atoms with Crippen molar-refractivity contribution in [1.82, 2.24) is 18.9 Å². The molecular weight excluding hydrogens is 344 g/mol. The molecule has 0 aliphatic rings. The largest absolute Gasteiger partial charge is 0.408 e. The van der Waals surface area contributed by atoms with E-state index in [0.717, 1.165) is 40.5 Å². The fourth-order valence-electron chi connectivity index (χ4n) is 2.32. The summed E-state index contributed by atoms with van der Waals surface area (Å²) in [6, 6.07) is 5.77. The van der Waals surface area contributed by atoms with E-state index in [1.807, 2.05) is 0 Å². The number of nitrogens with zero attached hydrogens (tertiary/aromatic N) is 4. The normalized spacial score (nSPS) is 13.6. The van der Waals surface area contributed by atoms with Crippen LogP contribution < -0.4 is 0 Å². The lowest BCUT2D eigenvalue weighted by Gasteiger charge is -2.29. The Labute approximate surface area is 139 Å². The third kappa shape index (κ3) is 3.51. The number of halogens is 4. The maximum Gasteiger partial charge on any atom is 0.408 e. The van der Waals surface area contributed by atoms with Crippen molar-refractivity contribution in [2.45, 2.75) is 17.1 Å². The zero-order valence-electron chi connectivity index (χ0n) is 12.4. The Balaban J connectivity index is 1.88. The molecule has 0 amide bonds.